The van der Waals surface area contributed by atoms with E-state index in [1.807, 2.05) is 6.07 Å². The molecule has 0 spiro atoms. The molecule has 2 aromatic carbocycles. The lowest BCUT2D eigenvalue weighted by Gasteiger charge is -2.32. The molecule has 0 N–H and O–H groups in total. The molecule has 14 heteroatoms. The number of ketones is 1. The summed E-state index contributed by atoms with van der Waals surface area (Å²) >= 11 is 18.1. The molecular weight excluding hydrogens is 586 g/mol. The van der Waals surface area contributed by atoms with Crippen LogP contribution in [-0.4, -0.2) is 21.3 Å². The average molecular weight is 603 g/mol. The number of carbonyl (C=O) groups excluding carboxylic acids is 1. The van der Waals surface area contributed by atoms with E-state index in [1.54, 1.807) is 0 Å². The molecule has 0 saturated heterocycles. The van der Waals surface area contributed by atoms with Crippen molar-refractivity contribution in [2.24, 2.45) is 0 Å². The standard InChI is InChI=1S/C25H17Cl3F3N3O5/c1-23(2,22(35)24(3,12-32)16-6-4-14(26)9-17(16)27)39-20-10-15(5-7-19(20)34(36)37)38-21-18(28)8-13(11-33-21)25(29,30)31/h4-11H,1-3H3. The molecule has 0 fully saturated rings. The number of halogens is 6. The smallest absolute Gasteiger partial charge is 0.417 e. The lowest BCUT2D eigenvalue weighted by Crippen LogP contribution is -2.49. The minimum absolute atomic E-state index is 0.0537. The van der Waals surface area contributed by atoms with Crippen LogP contribution < -0.4 is 9.47 Å². The summed E-state index contributed by atoms with van der Waals surface area (Å²) in [5, 5.41) is 21.5. The van der Waals surface area contributed by atoms with Crippen LogP contribution in [0.1, 0.15) is 31.9 Å². The molecule has 0 radical (unpaired) electrons. The first-order valence-corrected chi connectivity index (χ1v) is 11.9. The Morgan fingerprint density at radius 3 is 2.26 bits per heavy atom. The van der Waals surface area contributed by atoms with E-state index in [0.29, 0.717) is 12.3 Å². The van der Waals surface area contributed by atoms with Crippen LogP contribution in [0.4, 0.5) is 18.9 Å². The number of benzene rings is 2. The van der Waals surface area contributed by atoms with Gasteiger partial charge in [0.05, 0.1) is 16.6 Å². The number of hydrogen-bond acceptors (Lipinski definition) is 7. The van der Waals surface area contributed by atoms with Gasteiger partial charge >= 0.3 is 11.9 Å². The number of pyridine rings is 1. The number of alkyl halides is 3. The quantitative estimate of drug-likeness (QED) is 0.190. The normalized spacial score (nSPS) is 13.2. The van der Waals surface area contributed by atoms with Crippen LogP contribution in [0.5, 0.6) is 17.4 Å². The maximum atomic E-state index is 13.6. The summed E-state index contributed by atoms with van der Waals surface area (Å²) in [4.78, 5) is 28.1. The Balaban J connectivity index is 1.98. The Morgan fingerprint density at radius 2 is 1.72 bits per heavy atom. The zero-order chi connectivity index (χ0) is 29.3. The fourth-order valence-corrected chi connectivity index (χ4v) is 4.41. The van der Waals surface area contributed by atoms with Crippen molar-refractivity contribution in [1.29, 1.82) is 5.26 Å². The number of nitro benzene ring substituents is 1. The second-order valence-corrected chi connectivity index (χ2v) is 10.1. The minimum atomic E-state index is -4.68. The van der Waals surface area contributed by atoms with Gasteiger partial charge in [-0.15, -0.1) is 0 Å². The fraction of sp³-hybridized carbons (Fsp3) is 0.240. The van der Waals surface area contributed by atoms with E-state index in [-0.39, 0.29) is 21.4 Å². The molecule has 0 saturated carbocycles. The fourth-order valence-electron chi connectivity index (χ4n) is 3.61. The van der Waals surface area contributed by atoms with Crippen molar-refractivity contribution in [3.8, 4) is 23.4 Å². The maximum absolute atomic E-state index is 13.6. The van der Waals surface area contributed by atoms with Gasteiger partial charge in [0, 0.05) is 28.4 Å². The number of nitrogens with zero attached hydrogens (tertiary/aromatic N) is 3. The van der Waals surface area contributed by atoms with Gasteiger partial charge in [-0.2, -0.15) is 18.4 Å². The molecule has 3 aromatic rings. The molecule has 1 atom stereocenters. The van der Waals surface area contributed by atoms with Crippen molar-refractivity contribution in [1.82, 2.24) is 4.98 Å². The molecule has 204 valence electrons. The second-order valence-electron chi connectivity index (χ2n) is 8.80. The molecule has 0 bridgehead atoms. The number of Topliss-reactive ketones (excluding diaryl/α,β-unsaturated/α-hetero) is 1. The van der Waals surface area contributed by atoms with Crippen molar-refractivity contribution < 1.29 is 32.4 Å². The first-order chi connectivity index (χ1) is 18.0. The Kier molecular flexibility index (Phi) is 8.36. The predicted molar refractivity (Wildman–Crippen MR) is 137 cm³/mol. The number of nitriles is 1. The molecule has 0 aliphatic carbocycles. The SMILES string of the molecule is CC(C)(Oc1cc(Oc2ncc(C(F)(F)F)cc2Cl)ccc1[N+](=O)[O-])C(=O)C(C)(C#N)c1ccc(Cl)cc1Cl. The molecule has 1 unspecified atom stereocenters. The van der Waals surface area contributed by atoms with Gasteiger partial charge in [-0.25, -0.2) is 4.98 Å². The van der Waals surface area contributed by atoms with Crippen molar-refractivity contribution in [2.45, 2.75) is 38.0 Å². The number of hydrogen-bond donors (Lipinski definition) is 0. The van der Waals surface area contributed by atoms with E-state index < -0.39 is 55.8 Å². The van der Waals surface area contributed by atoms with Gasteiger partial charge in [0.25, 0.3) is 0 Å². The number of ether oxygens (including phenoxy) is 2. The lowest BCUT2D eigenvalue weighted by atomic mass is 9.74. The summed E-state index contributed by atoms with van der Waals surface area (Å²) in [5.74, 6) is -1.76. The maximum Gasteiger partial charge on any atom is 0.417 e. The van der Waals surface area contributed by atoms with E-state index in [2.05, 4.69) is 4.98 Å². The average Bonchev–Trinajstić information content (AvgIpc) is 2.83. The van der Waals surface area contributed by atoms with Crippen LogP contribution in [-0.2, 0) is 16.4 Å². The Hall–Kier alpha value is -3.59. The molecule has 3 rings (SSSR count). The van der Waals surface area contributed by atoms with Gasteiger partial charge in [-0.05, 0) is 50.6 Å². The van der Waals surface area contributed by atoms with Crippen molar-refractivity contribution in [3.63, 3.8) is 0 Å². The Labute approximate surface area is 235 Å². The van der Waals surface area contributed by atoms with Crippen LogP contribution in [0.25, 0.3) is 0 Å². The van der Waals surface area contributed by atoms with Gasteiger partial charge < -0.3 is 9.47 Å². The number of rotatable bonds is 8. The molecular formula is C25H17Cl3F3N3O5. The molecule has 0 aliphatic rings. The number of aromatic nitrogens is 1. The first-order valence-electron chi connectivity index (χ1n) is 10.8. The number of nitro groups is 1. The molecule has 0 amide bonds. The topological polar surface area (TPSA) is 115 Å². The zero-order valence-electron chi connectivity index (χ0n) is 20.3. The highest BCUT2D eigenvalue weighted by Crippen LogP contribution is 2.41. The van der Waals surface area contributed by atoms with Crippen LogP contribution in [0.15, 0.2) is 48.7 Å². The predicted octanol–water partition coefficient (Wildman–Crippen LogP) is 7.97. The van der Waals surface area contributed by atoms with Gasteiger partial charge in [0.1, 0.15) is 16.2 Å². The van der Waals surface area contributed by atoms with E-state index in [4.69, 9.17) is 44.3 Å². The Morgan fingerprint density at radius 1 is 1.05 bits per heavy atom. The molecule has 39 heavy (non-hydrogen) atoms. The van der Waals surface area contributed by atoms with E-state index >= 15 is 0 Å². The first kappa shape index (κ1) is 30.0. The van der Waals surface area contributed by atoms with E-state index in [9.17, 15) is 33.3 Å². The summed E-state index contributed by atoms with van der Waals surface area (Å²) in [5.41, 5.74) is -5.19. The van der Waals surface area contributed by atoms with Crippen molar-refractivity contribution in [2.75, 3.05) is 0 Å². The van der Waals surface area contributed by atoms with E-state index in [1.165, 1.54) is 39.0 Å². The minimum Gasteiger partial charge on any atom is -0.473 e. The van der Waals surface area contributed by atoms with Gasteiger partial charge in [0.15, 0.2) is 11.4 Å². The summed E-state index contributed by atoms with van der Waals surface area (Å²) in [6.45, 7) is 3.93. The lowest BCUT2D eigenvalue weighted by molar-refractivity contribution is -0.386. The van der Waals surface area contributed by atoms with Gasteiger partial charge in [0.2, 0.25) is 11.6 Å². The summed E-state index contributed by atoms with van der Waals surface area (Å²) < 4.78 is 49.9. The van der Waals surface area contributed by atoms with Gasteiger partial charge in [-0.1, -0.05) is 40.9 Å². The molecule has 1 heterocycles. The third-order valence-electron chi connectivity index (χ3n) is 5.54. The van der Waals surface area contributed by atoms with Crippen LogP contribution in [0.2, 0.25) is 15.1 Å². The summed E-state index contributed by atoms with van der Waals surface area (Å²) in [6, 6.07) is 9.96. The summed E-state index contributed by atoms with van der Waals surface area (Å²) in [7, 11) is 0. The zero-order valence-corrected chi connectivity index (χ0v) is 22.5. The Bertz CT molecular complexity index is 1510. The van der Waals surface area contributed by atoms with E-state index in [0.717, 1.165) is 18.2 Å². The largest absolute Gasteiger partial charge is 0.473 e. The molecule has 8 nitrogen and oxygen atoms in total. The highest BCUT2D eigenvalue weighted by molar-refractivity contribution is 6.35. The highest BCUT2D eigenvalue weighted by Gasteiger charge is 2.47. The van der Waals surface area contributed by atoms with Crippen molar-refractivity contribution in [3.05, 3.63) is 85.0 Å². The van der Waals surface area contributed by atoms with Crippen LogP contribution in [0, 0.1) is 21.4 Å². The number of carbonyl (C=O) groups is 1. The highest BCUT2D eigenvalue weighted by atomic mass is 35.5. The third kappa shape index (κ3) is 6.36. The third-order valence-corrected chi connectivity index (χ3v) is 6.36. The molecule has 1 aromatic heterocycles. The van der Waals surface area contributed by atoms with Crippen LogP contribution in [0.3, 0.4) is 0 Å². The van der Waals surface area contributed by atoms with Crippen LogP contribution >= 0.6 is 34.8 Å². The van der Waals surface area contributed by atoms with Crippen molar-refractivity contribution >= 4 is 46.3 Å². The monoisotopic (exact) mass is 601 g/mol. The molecule has 0 aliphatic heterocycles. The van der Waals surface area contributed by atoms with Gasteiger partial charge in [-0.3, -0.25) is 14.9 Å². The summed E-state index contributed by atoms with van der Waals surface area (Å²) in [6.07, 6.45) is -4.17. The second kappa shape index (κ2) is 10.9.